The van der Waals surface area contributed by atoms with Gasteiger partial charge in [0, 0.05) is 5.39 Å². The number of unbranched alkanes of at least 4 members (excludes halogenated alkanes) is 1. The largest absolute Gasteiger partial charge is 0.492 e. The number of fused-ring (bicyclic) bond motifs is 1. The Kier molecular flexibility index (Phi) is 3.72. The number of para-hydroxylation sites is 1. The van der Waals surface area contributed by atoms with Crippen molar-refractivity contribution >= 4 is 10.9 Å². The molecule has 0 spiro atoms. The van der Waals surface area contributed by atoms with E-state index < -0.39 is 0 Å². The highest BCUT2D eigenvalue weighted by Crippen LogP contribution is 2.17. The zero-order valence-corrected chi connectivity index (χ0v) is 9.23. The summed E-state index contributed by atoms with van der Waals surface area (Å²) in [4.78, 5) is 4.33. The van der Waals surface area contributed by atoms with E-state index in [-0.39, 0.29) is 0 Å². The van der Waals surface area contributed by atoms with E-state index >= 15 is 0 Å². The summed E-state index contributed by atoms with van der Waals surface area (Å²) in [6.07, 6.45) is 3.76. The molecule has 1 aromatic heterocycles. The minimum atomic E-state index is 0.706. The summed E-state index contributed by atoms with van der Waals surface area (Å²) in [5.41, 5.74) is 6.41. The second-order valence-electron chi connectivity index (χ2n) is 3.71. The van der Waals surface area contributed by atoms with Crippen LogP contribution in [0.3, 0.4) is 0 Å². The van der Waals surface area contributed by atoms with Crippen LogP contribution in [0.2, 0.25) is 0 Å². The lowest BCUT2D eigenvalue weighted by Gasteiger charge is -2.06. The van der Waals surface area contributed by atoms with Gasteiger partial charge in [-0.25, -0.2) is 0 Å². The molecule has 0 saturated carbocycles. The smallest absolute Gasteiger partial charge is 0.138 e. The van der Waals surface area contributed by atoms with E-state index in [2.05, 4.69) is 4.98 Å². The first kappa shape index (κ1) is 10.9. The first-order chi connectivity index (χ1) is 7.90. The first-order valence-corrected chi connectivity index (χ1v) is 5.58. The quantitative estimate of drug-likeness (QED) is 0.780. The molecule has 2 rings (SSSR count). The van der Waals surface area contributed by atoms with Crippen LogP contribution in [0.1, 0.15) is 12.8 Å². The van der Waals surface area contributed by atoms with Gasteiger partial charge in [0.1, 0.15) is 5.75 Å². The van der Waals surface area contributed by atoms with Gasteiger partial charge < -0.3 is 10.5 Å². The Hall–Kier alpha value is -1.61. The van der Waals surface area contributed by atoms with Crippen LogP contribution >= 0.6 is 0 Å². The molecule has 0 unspecified atom stereocenters. The molecule has 0 aliphatic rings. The molecule has 0 bridgehead atoms. The van der Waals surface area contributed by atoms with Crippen molar-refractivity contribution in [3.05, 3.63) is 36.5 Å². The summed E-state index contributed by atoms with van der Waals surface area (Å²) in [6, 6.07) is 10.0. The van der Waals surface area contributed by atoms with Crippen molar-refractivity contribution in [3.8, 4) is 5.75 Å². The third kappa shape index (κ3) is 2.70. The summed E-state index contributed by atoms with van der Waals surface area (Å²) in [5.74, 6) is 0.829. The Morgan fingerprint density at radius 3 is 2.94 bits per heavy atom. The number of benzene rings is 1. The summed E-state index contributed by atoms with van der Waals surface area (Å²) in [5, 5.41) is 1.11. The van der Waals surface area contributed by atoms with E-state index in [0.29, 0.717) is 6.61 Å². The van der Waals surface area contributed by atoms with Crippen LogP contribution in [-0.2, 0) is 0 Å². The van der Waals surface area contributed by atoms with Crippen molar-refractivity contribution in [2.45, 2.75) is 12.8 Å². The standard InChI is InChI=1S/C13H16N2O/c14-7-3-4-8-16-12-9-11-5-1-2-6-13(11)15-10-12/h1-2,5-6,9-10H,3-4,7-8,14H2. The Morgan fingerprint density at radius 1 is 1.19 bits per heavy atom. The highest BCUT2D eigenvalue weighted by atomic mass is 16.5. The second kappa shape index (κ2) is 5.47. The van der Waals surface area contributed by atoms with E-state index in [1.807, 2.05) is 30.3 Å². The van der Waals surface area contributed by atoms with Crippen LogP contribution in [0.4, 0.5) is 0 Å². The van der Waals surface area contributed by atoms with E-state index in [4.69, 9.17) is 10.5 Å². The second-order valence-corrected chi connectivity index (χ2v) is 3.71. The van der Waals surface area contributed by atoms with Crippen LogP contribution in [0.25, 0.3) is 10.9 Å². The lowest BCUT2D eigenvalue weighted by Crippen LogP contribution is -2.03. The average Bonchev–Trinajstić information content (AvgIpc) is 2.34. The van der Waals surface area contributed by atoms with Crippen molar-refractivity contribution in [3.63, 3.8) is 0 Å². The fourth-order valence-electron chi connectivity index (χ4n) is 1.57. The van der Waals surface area contributed by atoms with Crippen LogP contribution in [0.5, 0.6) is 5.75 Å². The fourth-order valence-corrected chi connectivity index (χ4v) is 1.57. The molecule has 16 heavy (non-hydrogen) atoms. The van der Waals surface area contributed by atoms with Gasteiger partial charge in [-0.1, -0.05) is 18.2 Å². The maximum Gasteiger partial charge on any atom is 0.138 e. The molecule has 1 heterocycles. The number of hydrogen-bond acceptors (Lipinski definition) is 3. The third-order valence-electron chi connectivity index (χ3n) is 2.43. The van der Waals surface area contributed by atoms with E-state index in [9.17, 15) is 0 Å². The predicted molar refractivity (Wildman–Crippen MR) is 65.5 cm³/mol. The van der Waals surface area contributed by atoms with Gasteiger partial charge in [0.25, 0.3) is 0 Å². The average molecular weight is 216 g/mol. The summed E-state index contributed by atoms with van der Waals surface area (Å²) >= 11 is 0. The molecule has 0 aliphatic heterocycles. The number of hydrogen-bond donors (Lipinski definition) is 1. The van der Waals surface area contributed by atoms with Crippen LogP contribution in [0.15, 0.2) is 36.5 Å². The number of pyridine rings is 1. The Labute approximate surface area is 95.2 Å². The van der Waals surface area contributed by atoms with E-state index in [0.717, 1.165) is 36.0 Å². The molecule has 3 nitrogen and oxygen atoms in total. The molecule has 3 heteroatoms. The number of aromatic nitrogens is 1. The summed E-state index contributed by atoms with van der Waals surface area (Å²) in [7, 11) is 0. The van der Waals surface area contributed by atoms with Crippen molar-refractivity contribution in [2.75, 3.05) is 13.2 Å². The molecule has 2 aromatic rings. The lowest BCUT2D eigenvalue weighted by atomic mass is 10.2. The minimum absolute atomic E-state index is 0.706. The van der Waals surface area contributed by atoms with Gasteiger partial charge in [0.05, 0.1) is 18.3 Å². The van der Waals surface area contributed by atoms with Crippen LogP contribution in [0, 0.1) is 0 Å². The topological polar surface area (TPSA) is 48.1 Å². The maximum absolute atomic E-state index is 5.60. The fraction of sp³-hybridized carbons (Fsp3) is 0.308. The normalized spacial score (nSPS) is 10.6. The lowest BCUT2D eigenvalue weighted by molar-refractivity contribution is 0.307. The Balaban J connectivity index is 2.02. The van der Waals surface area contributed by atoms with E-state index in [1.165, 1.54) is 0 Å². The van der Waals surface area contributed by atoms with Crippen LogP contribution < -0.4 is 10.5 Å². The molecular weight excluding hydrogens is 200 g/mol. The van der Waals surface area contributed by atoms with E-state index in [1.54, 1.807) is 6.20 Å². The first-order valence-electron chi connectivity index (χ1n) is 5.58. The van der Waals surface area contributed by atoms with Crippen LogP contribution in [-0.4, -0.2) is 18.1 Å². The van der Waals surface area contributed by atoms with Gasteiger partial charge in [0.15, 0.2) is 0 Å². The summed E-state index contributed by atoms with van der Waals surface area (Å²) in [6.45, 7) is 1.43. The molecule has 0 atom stereocenters. The van der Waals surface area contributed by atoms with Gasteiger partial charge in [-0.05, 0) is 31.5 Å². The zero-order chi connectivity index (χ0) is 11.2. The molecule has 0 amide bonds. The Morgan fingerprint density at radius 2 is 2.06 bits per heavy atom. The third-order valence-corrected chi connectivity index (χ3v) is 2.43. The van der Waals surface area contributed by atoms with Gasteiger partial charge in [0.2, 0.25) is 0 Å². The number of ether oxygens (including phenoxy) is 1. The SMILES string of the molecule is NCCCCOc1cnc2ccccc2c1. The molecule has 0 saturated heterocycles. The maximum atomic E-state index is 5.60. The molecule has 0 radical (unpaired) electrons. The highest BCUT2D eigenvalue weighted by Gasteiger charge is 1.97. The van der Waals surface area contributed by atoms with Crippen molar-refractivity contribution in [1.82, 2.24) is 4.98 Å². The van der Waals surface area contributed by atoms with Gasteiger partial charge in [-0.15, -0.1) is 0 Å². The number of nitrogens with zero attached hydrogens (tertiary/aromatic N) is 1. The van der Waals surface area contributed by atoms with Gasteiger partial charge >= 0.3 is 0 Å². The molecule has 2 N–H and O–H groups in total. The summed E-state index contributed by atoms with van der Waals surface area (Å²) < 4.78 is 5.60. The van der Waals surface area contributed by atoms with Gasteiger partial charge in [-0.3, -0.25) is 4.98 Å². The number of nitrogens with two attached hydrogens (primary N) is 1. The zero-order valence-electron chi connectivity index (χ0n) is 9.23. The molecule has 84 valence electrons. The monoisotopic (exact) mass is 216 g/mol. The Bertz CT molecular complexity index is 456. The molecule has 1 aromatic carbocycles. The van der Waals surface area contributed by atoms with Crippen molar-refractivity contribution < 1.29 is 4.74 Å². The highest BCUT2D eigenvalue weighted by molar-refractivity contribution is 5.79. The van der Waals surface area contributed by atoms with Crippen molar-refractivity contribution in [1.29, 1.82) is 0 Å². The number of rotatable bonds is 5. The predicted octanol–water partition coefficient (Wildman–Crippen LogP) is 2.35. The minimum Gasteiger partial charge on any atom is -0.492 e. The van der Waals surface area contributed by atoms with Crippen molar-refractivity contribution in [2.24, 2.45) is 5.73 Å². The van der Waals surface area contributed by atoms with Gasteiger partial charge in [-0.2, -0.15) is 0 Å². The molecule has 0 aliphatic carbocycles. The molecular formula is C13H16N2O. The molecule has 0 fully saturated rings.